The van der Waals surface area contributed by atoms with Gasteiger partial charge in [0.25, 0.3) is 0 Å². The van der Waals surface area contributed by atoms with E-state index >= 15 is 0 Å². The molecular formula is C22H14F2N4O3S. The Hall–Kier alpha value is -4.10. The summed E-state index contributed by atoms with van der Waals surface area (Å²) in [7, 11) is 1.21. The van der Waals surface area contributed by atoms with Crippen LogP contribution in [0.25, 0.3) is 11.1 Å². The predicted octanol–water partition coefficient (Wildman–Crippen LogP) is 4.48. The molecule has 0 saturated carbocycles. The largest absolute Gasteiger partial charge is 0.465 e. The Morgan fingerprint density at radius 3 is 2.62 bits per heavy atom. The molecule has 32 heavy (non-hydrogen) atoms. The average Bonchev–Trinajstić information content (AvgIpc) is 2.79. The molecule has 0 aliphatic carbocycles. The molecule has 10 heteroatoms. The lowest BCUT2D eigenvalue weighted by Crippen LogP contribution is -2.01. The fourth-order valence-electron chi connectivity index (χ4n) is 2.83. The van der Waals surface area contributed by atoms with Gasteiger partial charge in [-0.15, -0.1) is 17.5 Å². The summed E-state index contributed by atoms with van der Waals surface area (Å²) in [6, 6.07) is 6.44. The number of hydrogen-bond acceptors (Lipinski definition) is 8. The summed E-state index contributed by atoms with van der Waals surface area (Å²) in [6.45, 7) is 0. The molecule has 0 bridgehead atoms. The van der Waals surface area contributed by atoms with E-state index < -0.39 is 28.9 Å². The number of anilines is 1. The monoisotopic (exact) mass is 452 g/mol. The van der Waals surface area contributed by atoms with Crippen LogP contribution in [-0.4, -0.2) is 24.3 Å². The summed E-state index contributed by atoms with van der Waals surface area (Å²) in [4.78, 5) is 27.1. The van der Waals surface area contributed by atoms with Crippen molar-refractivity contribution in [2.24, 2.45) is 5.18 Å². The molecule has 0 amide bonds. The van der Waals surface area contributed by atoms with E-state index in [0.29, 0.717) is 5.56 Å². The molecule has 0 saturated heterocycles. The number of aromatic nitrogens is 1. The van der Waals surface area contributed by atoms with Gasteiger partial charge in [-0.1, -0.05) is 17.9 Å². The molecule has 0 aliphatic heterocycles. The first-order chi connectivity index (χ1) is 15.3. The van der Waals surface area contributed by atoms with Crippen molar-refractivity contribution in [3.05, 3.63) is 75.3 Å². The number of carbonyl (C=O) groups excluding carboxylic acids is 1. The van der Waals surface area contributed by atoms with Gasteiger partial charge in [0.05, 0.1) is 18.2 Å². The Morgan fingerprint density at radius 2 is 2.00 bits per heavy atom. The summed E-state index contributed by atoms with van der Waals surface area (Å²) in [5.41, 5.74) is 5.04. The smallest absolute Gasteiger partial charge is 0.337 e. The summed E-state index contributed by atoms with van der Waals surface area (Å²) in [5, 5.41) is 9.99. The minimum atomic E-state index is -1.25. The average molecular weight is 452 g/mol. The van der Waals surface area contributed by atoms with Crippen LogP contribution in [0, 0.1) is 33.8 Å². The van der Waals surface area contributed by atoms with Crippen molar-refractivity contribution in [2.45, 2.75) is 4.90 Å². The number of methoxy groups -OCH3 is 1. The van der Waals surface area contributed by atoms with Crippen LogP contribution in [0.1, 0.15) is 27.0 Å². The van der Waals surface area contributed by atoms with Crippen LogP contribution in [0.2, 0.25) is 0 Å². The summed E-state index contributed by atoms with van der Waals surface area (Å²) < 4.78 is 34.4. The van der Waals surface area contributed by atoms with Gasteiger partial charge < -0.3 is 15.9 Å². The van der Waals surface area contributed by atoms with Gasteiger partial charge in [-0.25, -0.2) is 18.6 Å². The van der Waals surface area contributed by atoms with E-state index in [0.717, 1.165) is 12.3 Å². The number of pyridine rings is 1. The quantitative estimate of drug-likeness (QED) is 0.177. The molecule has 0 unspecified atom stereocenters. The minimum absolute atomic E-state index is 0.112. The number of thiol groups is 1. The zero-order valence-electron chi connectivity index (χ0n) is 16.4. The highest BCUT2D eigenvalue weighted by Gasteiger charge is 2.21. The fraction of sp³-hybridized carbons (Fsp3) is 0.0455. The first kappa shape index (κ1) is 22.6. The van der Waals surface area contributed by atoms with Crippen LogP contribution in [0.4, 0.5) is 20.3 Å². The Morgan fingerprint density at radius 1 is 1.25 bits per heavy atom. The van der Waals surface area contributed by atoms with E-state index in [-0.39, 0.29) is 33.0 Å². The van der Waals surface area contributed by atoms with Crippen LogP contribution in [-0.2, 0) is 4.74 Å². The molecule has 3 N–H and O–H groups in total. The molecule has 3 rings (SSSR count). The van der Waals surface area contributed by atoms with Crippen molar-refractivity contribution in [3.63, 3.8) is 0 Å². The summed E-state index contributed by atoms with van der Waals surface area (Å²) in [6.07, 6.45) is 2.26. The zero-order chi connectivity index (χ0) is 23.4. The third-order valence-corrected chi connectivity index (χ3v) is 4.80. The van der Waals surface area contributed by atoms with Gasteiger partial charge in [-0.2, -0.15) is 0 Å². The number of ether oxygens (including phenoxy) is 1. The lowest BCUT2D eigenvalue weighted by atomic mass is 9.99. The first-order valence-corrected chi connectivity index (χ1v) is 9.30. The molecule has 0 radical (unpaired) electrons. The molecule has 0 aliphatic rings. The van der Waals surface area contributed by atoms with Crippen molar-refractivity contribution >= 4 is 36.3 Å². The van der Waals surface area contributed by atoms with E-state index in [1.54, 1.807) is 0 Å². The van der Waals surface area contributed by atoms with E-state index in [2.05, 4.69) is 39.4 Å². The van der Waals surface area contributed by atoms with Crippen molar-refractivity contribution in [1.29, 1.82) is 5.41 Å². The molecule has 3 aromatic rings. The van der Waals surface area contributed by atoms with Crippen molar-refractivity contribution < 1.29 is 18.3 Å². The number of nitrogens with zero attached hydrogens (tertiary/aromatic N) is 2. The van der Waals surface area contributed by atoms with Crippen LogP contribution >= 0.6 is 12.6 Å². The van der Waals surface area contributed by atoms with Gasteiger partial charge in [-0.3, -0.25) is 0 Å². The minimum Gasteiger partial charge on any atom is -0.465 e. The SMILES string of the molecule is COC(=O)c1ccc(-c2cc(F)c(C#Cc3cnc(N)c(C=N)c3)c(F)c2N=O)c(S)c1. The molecule has 0 spiro atoms. The summed E-state index contributed by atoms with van der Waals surface area (Å²) >= 11 is 4.25. The third-order valence-electron chi connectivity index (χ3n) is 4.43. The second-order valence-corrected chi connectivity index (χ2v) is 6.83. The molecule has 1 aromatic heterocycles. The van der Waals surface area contributed by atoms with Gasteiger partial charge in [0.2, 0.25) is 0 Å². The molecule has 0 fully saturated rings. The van der Waals surface area contributed by atoms with Gasteiger partial charge >= 0.3 is 5.97 Å². The van der Waals surface area contributed by atoms with E-state index in [4.69, 9.17) is 11.1 Å². The van der Waals surface area contributed by atoms with Gasteiger partial charge in [0.1, 0.15) is 11.6 Å². The predicted molar refractivity (Wildman–Crippen MR) is 118 cm³/mol. The molecule has 160 valence electrons. The van der Waals surface area contributed by atoms with Crippen LogP contribution in [0.3, 0.4) is 0 Å². The normalized spacial score (nSPS) is 10.1. The number of nitrogen functional groups attached to an aromatic ring is 1. The number of hydrogen-bond donors (Lipinski definition) is 3. The number of halogens is 2. The number of nitroso groups, excluding NO2 is 1. The highest BCUT2D eigenvalue weighted by atomic mass is 32.1. The second kappa shape index (κ2) is 9.36. The number of nitrogens with one attached hydrogen (secondary N) is 1. The Balaban J connectivity index is 2.11. The lowest BCUT2D eigenvalue weighted by Gasteiger charge is -2.11. The maximum Gasteiger partial charge on any atom is 0.337 e. The van der Waals surface area contributed by atoms with Crippen LogP contribution in [0.5, 0.6) is 0 Å². The summed E-state index contributed by atoms with van der Waals surface area (Å²) in [5.74, 6) is 2.08. The number of esters is 1. The molecule has 2 aromatic carbocycles. The van der Waals surface area contributed by atoms with E-state index in [1.165, 1.54) is 37.6 Å². The third kappa shape index (κ3) is 4.33. The number of carbonyl (C=O) groups is 1. The lowest BCUT2D eigenvalue weighted by molar-refractivity contribution is 0.0600. The first-order valence-electron chi connectivity index (χ1n) is 8.85. The molecular weight excluding hydrogens is 438 g/mol. The maximum atomic E-state index is 15.0. The van der Waals surface area contributed by atoms with Crippen LogP contribution < -0.4 is 5.73 Å². The second-order valence-electron chi connectivity index (χ2n) is 6.35. The fourth-order valence-corrected chi connectivity index (χ4v) is 3.17. The molecule has 1 heterocycles. The van der Waals surface area contributed by atoms with Gasteiger partial charge in [0.15, 0.2) is 11.5 Å². The molecule has 7 nitrogen and oxygen atoms in total. The number of rotatable bonds is 4. The topological polar surface area (TPSA) is 118 Å². The Kier molecular flexibility index (Phi) is 6.61. The number of nitrogens with two attached hydrogens (primary N) is 1. The maximum absolute atomic E-state index is 15.0. The van der Waals surface area contributed by atoms with Crippen molar-refractivity contribution in [2.75, 3.05) is 12.8 Å². The van der Waals surface area contributed by atoms with Gasteiger partial charge in [-0.05, 0) is 35.0 Å². The Labute approximate surface area is 186 Å². The highest BCUT2D eigenvalue weighted by Crippen LogP contribution is 2.38. The van der Waals surface area contributed by atoms with E-state index in [1.807, 2.05) is 0 Å². The Bertz CT molecular complexity index is 1330. The molecule has 0 atom stereocenters. The van der Waals surface area contributed by atoms with Crippen molar-refractivity contribution in [3.8, 4) is 23.0 Å². The zero-order valence-corrected chi connectivity index (χ0v) is 17.3. The van der Waals surface area contributed by atoms with Gasteiger partial charge in [0, 0.05) is 34.0 Å². The van der Waals surface area contributed by atoms with Crippen molar-refractivity contribution in [1.82, 2.24) is 4.98 Å². The number of benzene rings is 2. The highest BCUT2D eigenvalue weighted by molar-refractivity contribution is 7.80. The van der Waals surface area contributed by atoms with E-state index in [9.17, 15) is 18.5 Å². The van der Waals surface area contributed by atoms with Crippen LogP contribution in [0.15, 0.2) is 46.6 Å². The standard InChI is InChI=1S/C22H14F2N4O3S/c1-31-22(29)12-3-5-14(18(32)7-12)16-8-17(23)15(19(24)20(16)28-30)4-2-11-6-13(9-25)21(26)27-10-11/h3,5-10,25,32H,1H3,(H2,26,27).